The van der Waals surface area contributed by atoms with Crippen LogP contribution >= 0.6 is 0 Å². The largest absolute Gasteiger partial charge is 0.344 e. The first-order valence-corrected chi connectivity index (χ1v) is 17.1. The third kappa shape index (κ3) is 5.02. The summed E-state index contributed by atoms with van der Waals surface area (Å²) in [5, 5.41) is 2.60. The van der Waals surface area contributed by atoms with Crippen LogP contribution in [-0.4, -0.2) is 11.6 Å². The molecule has 0 unspecified atom stereocenters. The molecule has 236 valence electrons. The molecule has 2 nitrogen and oxygen atoms in total. The first-order chi connectivity index (χ1) is 22.6. The minimum absolute atomic E-state index is 0.00153. The molecule has 0 atom stereocenters. The van der Waals surface area contributed by atoms with Crippen molar-refractivity contribution in [2.45, 2.75) is 59.3 Å². The zero-order valence-electron chi connectivity index (χ0n) is 29.1. The molecule has 1 aromatic heterocycles. The van der Waals surface area contributed by atoms with Gasteiger partial charge in [0.15, 0.2) is 0 Å². The van der Waals surface area contributed by atoms with E-state index in [1.807, 2.05) is 0 Å². The van der Waals surface area contributed by atoms with Crippen molar-refractivity contribution in [2.75, 3.05) is 11.9 Å². The maximum atomic E-state index is 2.46. The van der Waals surface area contributed by atoms with E-state index in [2.05, 4.69) is 180 Å². The van der Waals surface area contributed by atoms with Gasteiger partial charge in [0.2, 0.25) is 0 Å². The molecular weight excluding hydrogens is 569 g/mol. The molecular formula is C45H46N2. The Kier molecular flexibility index (Phi) is 7.71. The SMILES string of the molecule is C/C=C\C1=C(CC)C(C)(C)c2cc(-c3cc(C(C)C)ccc3N(C)c3ccc(-c4ccc5c(c4)c4ccccc4n5C)cc3)ccc21. The van der Waals surface area contributed by atoms with Crippen molar-refractivity contribution in [1.29, 1.82) is 0 Å². The van der Waals surface area contributed by atoms with E-state index in [1.54, 1.807) is 0 Å². The van der Waals surface area contributed by atoms with Gasteiger partial charge in [-0.15, -0.1) is 0 Å². The Morgan fingerprint density at radius 1 is 0.745 bits per heavy atom. The molecule has 1 aliphatic carbocycles. The molecule has 0 radical (unpaired) electrons. The summed E-state index contributed by atoms with van der Waals surface area (Å²) < 4.78 is 2.29. The van der Waals surface area contributed by atoms with Crippen molar-refractivity contribution in [3.8, 4) is 22.3 Å². The highest BCUT2D eigenvalue weighted by Gasteiger charge is 2.36. The summed E-state index contributed by atoms with van der Waals surface area (Å²) >= 11 is 0. The number of rotatable bonds is 7. The average molecular weight is 615 g/mol. The Hall–Kier alpha value is -4.82. The number of aryl methyl sites for hydroxylation is 1. The minimum Gasteiger partial charge on any atom is -0.344 e. The third-order valence-electron chi connectivity index (χ3n) is 10.6. The molecule has 6 aromatic rings. The maximum Gasteiger partial charge on any atom is 0.0489 e. The van der Waals surface area contributed by atoms with E-state index >= 15 is 0 Å². The van der Waals surface area contributed by atoms with Crippen molar-refractivity contribution < 1.29 is 0 Å². The molecule has 1 heterocycles. The summed E-state index contributed by atoms with van der Waals surface area (Å²) in [6, 6.07) is 38.7. The van der Waals surface area contributed by atoms with Gasteiger partial charge in [0.05, 0.1) is 0 Å². The number of para-hydroxylation sites is 1. The molecule has 0 spiro atoms. The van der Waals surface area contributed by atoms with Crippen LogP contribution in [0.1, 0.15) is 70.6 Å². The van der Waals surface area contributed by atoms with Crippen molar-refractivity contribution in [3.63, 3.8) is 0 Å². The van der Waals surface area contributed by atoms with E-state index in [0.29, 0.717) is 5.92 Å². The van der Waals surface area contributed by atoms with Crippen LogP contribution in [-0.2, 0) is 12.5 Å². The maximum absolute atomic E-state index is 2.46. The fourth-order valence-electron chi connectivity index (χ4n) is 7.92. The first-order valence-electron chi connectivity index (χ1n) is 17.1. The van der Waals surface area contributed by atoms with Crippen LogP contribution in [0.3, 0.4) is 0 Å². The normalized spacial score (nSPS) is 14.2. The molecule has 0 saturated carbocycles. The lowest BCUT2D eigenvalue weighted by Crippen LogP contribution is -2.17. The second-order valence-electron chi connectivity index (χ2n) is 14.0. The zero-order valence-corrected chi connectivity index (χ0v) is 29.1. The van der Waals surface area contributed by atoms with Gasteiger partial charge < -0.3 is 9.47 Å². The fraction of sp³-hybridized carbons (Fsp3) is 0.244. The predicted octanol–water partition coefficient (Wildman–Crippen LogP) is 12.6. The monoisotopic (exact) mass is 614 g/mol. The lowest BCUT2D eigenvalue weighted by Gasteiger charge is -2.27. The third-order valence-corrected chi connectivity index (χ3v) is 10.6. The standard InChI is InChI=1S/C45H46N2/c1-9-13-35-36-23-18-33(28-41(36)45(5,6)40(35)10-2)38-26-31(29(3)4)19-24-43(38)46(7)34-21-16-30(17-22-34)32-20-25-44-39(27-32)37-14-11-12-15-42(37)47(44)8/h9,11-29H,10H2,1-8H3/b13-9-. The number of hydrogen-bond acceptors (Lipinski definition) is 1. The molecule has 7 rings (SSSR count). The lowest BCUT2D eigenvalue weighted by molar-refractivity contribution is 0.617. The summed E-state index contributed by atoms with van der Waals surface area (Å²) in [7, 11) is 4.35. The molecule has 0 bridgehead atoms. The van der Waals surface area contributed by atoms with Gasteiger partial charge >= 0.3 is 0 Å². The summed E-state index contributed by atoms with van der Waals surface area (Å²) in [5.74, 6) is 0.451. The second-order valence-corrected chi connectivity index (χ2v) is 14.0. The van der Waals surface area contributed by atoms with Crippen LogP contribution < -0.4 is 4.90 Å². The summed E-state index contributed by atoms with van der Waals surface area (Å²) in [6.07, 6.45) is 5.53. The first kappa shape index (κ1) is 30.8. The highest BCUT2D eigenvalue weighted by Crippen LogP contribution is 2.50. The Morgan fingerprint density at radius 3 is 2.17 bits per heavy atom. The van der Waals surface area contributed by atoms with Crippen LogP contribution in [0.4, 0.5) is 11.4 Å². The Bertz CT molecular complexity index is 2200. The number of nitrogens with zero attached hydrogens (tertiary/aromatic N) is 2. The van der Waals surface area contributed by atoms with Gasteiger partial charge in [-0.1, -0.05) is 107 Å². The molecule has 1 aliphatic rings. The molecule has 5 aromatic carbocycles. The van der Waals surface area contributed by atoms with Crippen molar-refractivity contribution >= 4 is 38.8 Å². The van der Waals surface area contributed by atoms with Gasteiger partial charge in [-0.05, 0) is 107 Å². The molecule has 0 aliphatic heterocycles. The Balaban J connectivity index is 1.27. The number of fused-ring (bicyclic) bond motifs is 4. The van der Waals surface area contributed by atoms with E-state index in [0.717, 1.165) is 6.42 Å². The minimum atomic E-state index is 0.00153. The van der Waals surface area contributed by atoms with Crippen LogP contribution in [0.25, 0.3) is 49.6 Å². The zero-order chi connectivity index (χ0) is 33.0. The van der Waals surface area contributed by atoms with Gasteiger partial charge in [-0.3, -0.25) is 0 Å². The highest BCUT2D eigenvalue weighted by molar-refractivity contribution is 6.09. The van der Waals surface area contributed by atoms with E-state index in [4.69, 9.17) is 0 Å². The van der Waals surface area contributed by atoms with Gasteiger partial charge in [0, 0.05) is 58.3 Å². The van der Waals surface area contributed by atoms with E-state index in [9.17, 15) is 0 Å². The van der Waals surface area contributed by atoms with Crippen molar-refractivity contribution in [3.05, 3.63) is 138 Å². The van der Waals surface area contributed by atoms with Gasteiger partial charge in [-0.25, -0.2) is 0 Å². The number of anilines is 2. The van der Waals surface area contributed by atoms with Crippen LogP contribution in [0.15, 0.2) is 121 Å². The van der Waals surface area contributed by atoms with Crippen LogP contribution in [0.2, 0.25) is 0 Å². The summed E-state index contributed by atoms with van der Waals surface area (Å²) in [4.78, 5) is 2.34. The molecule has 0 fully saturated rings. The second kappa shape index (κ2) is 11.8. The molecule has 0 saturated heterocycles. The van der Waals surface area contributed by atoms with E-state index < -0.39 is 0 Å². The number of aromatic nitrogens is 1. The van der Waals surface area contributed by atoms with Crippen LogP contribution in [0, 0.1) is 0 Å². The predicted molar refractivity (Wildman–Crippen MR) is 205 cm³/mol. The van der Waals surface area contributed by atoms with Crippen molar-refractivity contribution in [1.82, 2.24) is 4.57 Å². The lowest BCUT2D eigenvalue weighted by atomic mass is 9.79. The molecule has 47 heavy (non-hydrogen) atoms. The smallest absolute Gasteiger partial charge is 0.0489 e. The quantitative estimate of drug-likeness (QED) is 0.174. The van der Waals surface area contributed by atoms with Crippen molar-refractivity contribution in [2.24, 2.45) is 7.05 Å². The topological polar surface area (TPSA) is 8.17 Å². The van der Waals surface area contributed by atoms with E-state index in [-0.39, 0.29) is 5.41 Å². The Morgan fingerprint density at radius 2 is 1.45 bits per heavy atom. The number of hydrogen-bond donors (Lipinski definition) is 0. The van der Waals surface area contributed by atoms with Gasteiger partial charge in [0.25, 0.3) is 0 Å². The number of benzene rings is 5. The molecule has 0 N–H and O–H groups in total. The van der Waals surface area contributed by atoms with Gasteiger partial charge in [-0.2, -0.15) is 0 Å². The fourth-order valence-corrected chi connectivity index (χ4v) is 7.92. The molecule has 0 amide bonds. The van der Waals surface area contributed by atoms with Gasteiger partial charge in [0.1, 0.15) is 0 Å². The average Bonchev–Trinajstić information content (AvgIpc) is 3.49. The molecule has 2 heteroatoms. The van der Waals surface area contributed by atoms with Crippen LogP contribution in [0.5, 0.6) is 0 Å². The van der Waals surface area contributed by atoms with E-state index in [1.165, 1.54) is 83.3 Å². The Labute approximate surface area is 280 Å². The number of allylic oxidation sites excluding steroid dienone is 4. The summed E-state index contributed by atoms with van der Waals surface area (Å²) in [5.41, 5.74) is 17.0. The highest BCUT2D eigenvalue weighted by atomic mass is 15.1. The summed E-state index contributed by atoms with van der Waals surface area (Å²) in [6.45, 7) is 13.8.